The zero-order chi connectivity index (χ0) is 28.1. The Hall–Kier alpha value is -4.21. The van der Waals surface area contributed by atoms with E-state index in [2.05, 4.69) is 15.3 Å². The van der Waals surface area contributed by atoms with Gasteiger partial charge in [-0.25, -0.2) is 4.79 Å². The van der Waals surface area contributed by atoms with Crippen LogP contribution in [-0.4, -0.2) is 82.3 Å². The van der Waals surface area contributed by atoms with Gasteiger partial charge in [-0.3, -0.25) is 19.4 Å². The SMILES string of the molecule is COC(=O)[C@@H](Cc1c[nH]c2ccccc12)NC(=O)[C@@H]1CN(C(=O)c2cccnc2)CCN1C(=O)C1CCCCC1. The van der Waals surface area contributed by atoms with Crippen LogP contribution >= 0.6 is 0 Å². The summed E-state index contributed by atoms with van der Waals surface area (Å²) < 4.78 is 5.03. The molecule has 0 spiro atoms. The number of hydrogen-bond donors (Lipinski definition) is 2. The number of nitrogens with one attached hydrogen (secondary N) is 2. The summed E-state index contributed by atoms with van der Waals surface area (Å²) in [7, 11) is 1.28. The van der Waals surface area contributed by atoms with Gasteiger partial charge >= 0.3 is 5.97 Å². The van der Waals surface area contributed by atoms with Crippen molar-refractivity contribution in [2.24, 2.45) is 5.92 Å². The van der Waals surface area contributed by atoms with Crippen molar-refractivity contribution in [2.45, 2.75) is 50.6 Å². The summed E-state index contributed by atoms with van der Waals surface area (Å²) in [6.07, 6.45) is 9.80. The first kappa shape index (κ1) is 27.4. The van der Waals surface area contributed by atoms with Gasteiger partial charge in [0.2, 0.25) is 11.8 Å². The number of aromatic nitrogens is 2. The highest BCUT2D eigenvalue weighted by Crippen LogP contribution is 2.27. The molecule has 10 heteroatoms. The topological polar surface area (TPSA) is 125 Å². The number of amides is 3. The van der Waals surface area contributed by atoms with Crippen LogP contribution in [0.4, 0.5) is 0 Å². The third-order valence-electron chi connectivity index (χ3n) is 8.02. The predicted octanol–water partition coefficient (Wildman–Crippen LogP) is 2.70. The first-order chi connectivity index (χ1) is 19.5. The van der Waals surface area contributed by atoms with Crippen LogP contribution in [0.15, 0.2) is 55.0 Å². The number of ether oxygens (including phenoxy) is 1. The molecule has 210 valence electrons. The summed E-state index contributed by atoms with van der Waals surface area (Å²) in [5, 5.41) is 3.81. The van der Waals surface area contributed by atoms with Gasteiger partial charge in [0.15, 0.2) is 0 Å². The number of esters is 1. The van der Waals surface area contributed by atoms with Crippen LogP contribution < -0.4 is 5.32 Å². The summed E-state index contributed by atoms with van der Waals surface area (Å²) in [6.45, 7) is 0.579. The van der Waals surface area contributed by atoms with Crippen LogP contribution in [0.2, 0.25) is 0 Å². The molecule has 1 saturated carbocycles. The van der Waals surface area contributed by atoms with Crippen molar-refractivity contribution < 1.29 is 23.9 Å². The van der Waals surface area contributed by atoms with Crippen molar-refractivity contribution in [3.63, 3.8) is 0 Å². The molecule has 1 aliphatic carbocycles. The smallest absolute Gasteiger partial charge is 0.328 e. The Balaban J connectivity index is 1.38. The van der Waals surface area contributed by atoms with Crippen molar-refractivity contribution in [3.05, 3.63) is 66.1 Å². The van der Waals surface area contributed by atoms with Crippen LogP contribution in [0.25, 0.3) is 10.9 Å². The Morgan fingerprint density at radius 2 is 1.88 bits per heavy atom. The third-order valence-corrected chi connectivity index (χ3v) is 8.02. The highest BCUT2D eigenvalue weighted by Gasteiger charge is 2.40. The number of para-hydroxylation sites is 1. The minimum Gasteiger partial charge on any atom is -0.467 e. The van der Waals surface area contributed by atoms with E-state index in [0.717, 1.165) is 48.6 Å². The summed E-state index contributed by atoms with van der Waals surface area (Å²) in [6, 6.07) is 9.19. The Morgan fingerprint density at radius 1 is 1.07 bits per heavy atom. The van der Waals surface area contributed by atoms with Gasteiger partial charge in [-0.2, -0.15) is 0 Å². The van der Waals surface area contributed by atoms with Gasteiger partial charge in [-0.1, -0.05) is 37.5 Å². The molecule has 2 N–H and O–H groups in total. The number of methoxy groups -OCH3 is 1. The Kier molecular flexibility index (Phi) is 8.42. The maximum Gasteiger partial charge on any atom is 0.328 e. The molecule has 1 saturated heterocycles. The van der Waals surface area contributed by atoms with Gasteiger partial charge in [-0.15, -0.1) is 0 Å². The Bertz CT molecular complexity index is 1370. The van der Waals surface area contributed by atoms with Gasteiger partial charge in [0.1, 0.15) is 12.1 Å². The molecule has 10 nitrogen and oxygen atoms in total. The minimum atomic E-state index is -0.965. The lowest BCUT2D eigenvalue weighted by Crippen LogP contribution is -2.63. The zero-order valence-corrected chi connectivity index (χ0v) is 22.7. The van der Waals surface area contributed by atoms with Crippen LogP contribution in [0.3, 0.4) is 0 Å². The molecule has 1 aromatic carbocycles. The summed E-state index contributed by atoms with van der Waals surface area (Å²) >= 11 is 0. The fourth-order valence-electron chi connectivity index (χ4n) is 5.84. The molecular formula is C30H35N5O5. The van der Waals surface area contributed by atoms with Crippen molar-refractivity contribution in [1.29, 1.82) is 0 Å². The largest absolute Gasteiger partial charge is 0.467 e. The van der Waals surface area contributed by atoms with Crippen LogP contribution in [0.5, 0.6) is 0 Å². The van der Waals surface area contributed by atoms with E-state index in [0.29, 0.717) is 12.1 Å². The average Bonchev–Trinajstić information content (AvgIpc) is 3.42. The molecule has 5 rings (SSSR count). The number of aromatic amines is 1. The molecule has 0 bridgehead atoms. The number of benzene rings is 1. The summed E-state index contributed by atoms with van der Waals surface area (Å²) in [5.74, 6) is -1.50. The molecule has 2 aliphatic rings. The molecule has 3 heterocycles. The number of hydrogen-bond acceptors (Lipinski definition) is 6. The molecule has 0 unspecified atom stereocenters. The quantitative estimate of drug-likeness (QED) is 0.440. The Labute approximate surface area is 233 Å². The van der Waals surface area contributed by atoms with E-state index in [9.17, 15) is 19.2 Å². The standard InChI is InChI=1S/C30H35N5O5/c1-40-30(39)25(16-22-18-32-24-12-6-5-11-23(22)24)33-27(36)26-19-34(28(37)21-10-7-13-31-17-21)14-15-35(26)29(38)20-8-3-2-4-9-20/h5-7,10-13,17-18,20,25-26,32H,2-4,8-9,14-16,19H2,1H3,(H,33,36)/t25-,26+/m1/s1. The van der Waals surface area contributed by atoms with Gasteiger partial charge in [-0.05, 0) is 36.6 Å². The van der Waals surface area contributed by atoms with E-state index in [1.165, 1.54) is 13.3 Å². The van der Waals surface area contributed by atoms with Crippen LogP contribution in [-0.2, 0) is 25.5 Å². The number of piperazine rings is 1. The van der Waals surface area contributed by atoms with Crippen molar-refractivity contribution in [3.8, 4) is 0 Å². The molecule has 3 aromatic rings. The summed E-state index contributed by atoms with van der Waals surface area (Å²) in [4.78, 5) is 64.0. The maximum atomic E-state index is 13.9. The number of H-pyrrole nitrogens is 1. The highest BCUT2D eigenvalue weighted by molar-refractivity contribution is 5.96. The number of carbonyl (C=O) groups excluding carboxylic acids is 4. The van der Waals surface area contributed by atoms with Gasteiger partial charge < -0.3 is 24.8 Å². The van der Waals surface area contributed by atoms with E-state index >= 15 is 0 Å². The van der Waals surface area contributed by atoms with Crippen LogP contribution in [0.1, 0.15) is 48.0 Å². The fraction of sp³-hybridized carbons (Fsp3) is 0.433. The van der Waals surface area contributed by atoms with Crippen LogP contribution in [0, 0.1) is 5.92 Å². The number of pyridine rings is 1. The lowest BCUT2D eigenvalue weighted by Gasteiger charge is -2.42. The van der Waals surface area contributed by atoms with Crippen molar-refractivity contribution in [2.75, 3.05) is 26.7 Å². The fourth-order valence-corrected chi connectivity index (χ4v) is 5.84. The molecule has 2 atom stereocenters. The second-order valence-corrected chi connectivity index (χ2v) is 10.5. The molecular weight excluding hydrogens is 510 g/mol. The lowest BCUT2D eigenvalue weighted by atomic mass is 9.87. The number of fused-ring (bicyclic) bond motifs is 1. The lowest BCUT2D eigenvalue weighted by molar-refractivity contribution is -0.150. The minimum absolute atomic E-state index is 0.0268. The zero-order valence-electron chi connectivity index (χ0n) is 22.7. The molecule has 3 amide bonds. The van der Waals surface area contributed by atoms with E-state index in [-0.39, 0.29) is 37.2 Å². The monoisotopic (exact) mass is 545 g/mol. The number of carbonyl (C=O) groups is 4. The normalized spacial score (nSPS) is 18.8. The van der Waals surface area contributed by atoms with E-state index in [1.54, 1.807) is 28.1 Å². The van der Waals surface area contributed by atoms with Gasteiger partial charge in [0.25, 0.3) is 5.91 Å². The van der Waals surface area contributed by atoms with E-state index in [4.69, 9.17) is 4.74 Å². The second-order valence-electron chi connectivity index (χ2n) is 10.5. The van der Waals surface area contributed by atoms with Gasteiger partial charge in [0, 0.05) is 54.9 Å². The first-order valence-electron chi connectivity index (χ1n) is 13.9. The van der Waals surface area contributed by atoms with E-state index in [1.807, 2.05) is 30.5 Å². The average molecular weight is 546 g/mol. The second kappa shape index (κ2) is 12.3. The Morgan fingerprint density at radius 3 is 2.62 bits per heavy atom. The predicted molar refractivity (Wildman–Crippen MR) is 148 cm³/mol. The third kappa shape index (κ3) is 5.85. The number of rotatable bonds is 7. The van der Waals surface area contributed by atoms with Gasteiger partial charge in [0.05, 0.1) is 19.2 Å². The van der Waals surface area contributed by atoms with E-state index < -0.39 is 24.0 Å². The van der Waals surface area contributed by atoms with Crippen molar-refractivity contribution >= 4 is 34.6 Å². The number of nitrogens with zero attached hydrogens (tertiary/aromatic N) is 3. The van der Waals surface area contributed by atoms with Crippen molar-refractivity contribution in [1.82, 2.24) is 25.1 Å². The maximum absolute atomic E-state index is 13.9. The molecule has 1 aliphatic heterocycles. The molecule has 0 radical (unpaired) electrons. The summed E-state index contributed by atoms with van der Waals surface area (Å²) in [5.41, 5.74) is 2.20. The highest BCUT2D eigenvalue weighted by atomic mass is 16.5. The molecule has 2 aromatic heterocycles. The first-order valence-corrected chi connectivity index (χ1v) is 13.9. The molecule has 40 heavy (non-hydrogen) atoms. The molecule has 2 fully saturated rings.